The van der Waals surface area contributed by atoms with Crippen LogP contribution in [-0.4, -0.2) is 32.5 Å². The summed E-state index contributed by atoms with van der Waals surface area (Å²) in [6, 6.07) is 1.41. The van der Waals surface area contributed by atoms with Crippen molar-refractivity contribution in [2.45, 2.75) is 44.5 Å². The molecule has 2 heterocycles. The normalized spacial score (nSPS) is 31.0. The maximum atomic E-state index is 12.9. The first-order chi connectivity index (χ1) is 11.2. The fourth-order valence-electron chi connectivity index (χ4n) is 3.82. The van der Waals surface area contributed by atoms with Gasteiger partial charge in [-0.2, -0.15) is 0 Å². The highest BCUT2D eigenvalue weighted by molar-refractivity contribution is 6.06. The minimum Gasteiger partial charge on any atom is -0.508 e. The van der Waals surface area contributed by atoms with Crippen molar-refractivity contribution in [2.75, 3.05) is 0 Å². The molecule has 4 rings (SSSR count). The van der Waals surface area contributed by atoms with Crippen LogP contribution in [0.2, 0.25) is 0 Å². The predicted octanol–water partition coefficient (Wildman–Crippen LogP) is 1.96. The summed E-state index contributed by atoms with van der Waals surface area (Å²) in [5, 5.41) is 32.3. The van der Waals surface area contributed by atoms with Gasteiger partial charge in [0.25, 0.3) is 5.79 Å². The third-order valence-electron chi connectivity index (χ3n) is 5.62. The number of ketones is 1. The lowest BCUT2D eigenvalue weighted by molar-refractivity contribution is -0.258. The van der Waals surface area contributed by atoms with E-state index in [1.165, 1.54) is 18.6 Å². The van der Waals surface area contributed by atoms with Crippen molar-refractivity contribution in [3.05, 3.63) is 46.4 Å². The second kappa shape index (κ2) is 4.40. The number of rotatable bonds is 0. The maximum absolute atomic E-state index is 12.9. The maximum Gasteiger partial charge on any atom is 0.251 e. The number of hydrogen-bond acceptors (Lipinski definition) is 6. The van der Waals surface area contributed by atoms with Gasteiger partial charge in [-0.1, -0.05) is 6.92 Å². The lowest BCUT2D eigenvalue weighted by Crippen LogP contribution is -2.70. The Hall–Kier alpha value is -2.31. The smallest absolute Gasteiger partial charge is 0.251 e. The van der Waals surface area contributed by atoms with E-state index in [1.807, 2.05) is 0 Å². The summed E-state index contributed by atoms with van der Waals surface area (Å²) in [6.07, 6.45) is 2.57. The summed E-state index contributed by atoms with van der Waals surface area (Å²) < 4.78 is 10.8. The molecule has 6 heteroatoms. The Morgan fingerprint density at radius 2 is 1.92 bits per heavy atom. The van der Waals surface area contributed by atoms with Crippen LogP contribution in [0.1, 0.15) is 45.5 Å². The van der Waals surface area contributed by atoms with Crippen LogP contribution in [0.25, 0.3) is 0 Å². The zero-order valence-electron chi connectivity index (χ0n) is 13.6. The highest BCUT2D eigenvalue weighted by atomic mass is 16.6. The Morgan fingerprint density at radius 1 is 1.21 bits per heavy atom. The Morgan fingerprint density at radius 3 is 2.62 bits per heavy atom. The van der Waals surface area contributed by atoms with E-state index in [9.17, 15) is 20.1 Å². The van der Waals surface area contributed by atoms with Crippen LogP contribution in [-0.2, 0) is 6.42 Å². The van der Waals surface area contributed by atoms with Gasteiger partial charge in [-0.3, -0.25) is 4.79 Å². The van der Waals surface area contributed by atoms with Gasteiger partial charge in [-0.05, 0) is 25.0 Å². The fourth-order valence-corrected chi connectivity index (χ4v) is 3.82. The molecule has 1 aromatic heterocycles. The van der Waals surface area contributed by atoms with E-state index in [2.05, 4.69) is 0 Å². The fraction of sp³-hybridized carbons (Fsp3) is 0.389. The molecule has 1 aliphatic carbocycles. The van der Waals surface area contributed by atoms with Crippen molar-refractivity contribution in [1.29, 1.82) is 0 Å². The Kier molecular flexibility index (Phi) is 2.79. The molecule has 2 aliphatic rings. The van der Waals surface area contributed by atoms with Crippen LogP contribution in [0.5, 0.6) is 11.5 Å². The van der Waals surface area contributed by atoms with Gasteiger partial charge < -0.3 is 24.5 Å². The zero-order valence-corrected chi connectivity index (χ0v) is 13.6. The number of Topliss-reactive ketones (excluding diaryl/α,β-unsaturated/α-hetero) is 1. The topological polar surface area (TPSA) is 100 Å². The summed E-state index contributed by atoms with van der Waals surface area (Å²) in [7, 11) is 0. The van der Waals surface area contributed by atoms with Crippen LogP contribution in [0.15, 0.2) is 23.0 Å². The molecule has 0 saturated heterocycles. The molecular formula is C18H18O6. The number of phenolic OH excluding ortho intramolecular Hbond substituents is 1. The molecule has 126 valence electrons. The minimum atomic E-state index is -2.14. The monoisotopic (exact) mass is 330 g/mol. The van der Waals surface area contributed by atoms with Gasteiger partial charge in [0.2, 0.25) is 5.78 Å². The van der Waals surface area contributed by atoms with E-state index in [-0.39, 0.29) is 23.5 Å². The Bertz CT molecular complexity index is 882. The van der Waals surface area contributed by atoms with Crippen LogP contribution >= 0.6 is 0 Å². The predicted molar refractivity (Wildman–Crippen MR) is 83.3 cm³/mol. The van der Waals surface area contributed by atoms with E-state index in [0.29, 0.717) is 16.7 Å². The number of hydrogen-bond donors (Lipinski definition) is 3. The summed E-state index contributed by atoms with van der Waals surface area (Å²) in [5.41, 5.74) is 0.596. The molecule has 2 aromatic rings. The quantitative estimate of drug-likeness (QED) is 0.683. The van der Waals surface area contributed by atoms with Crippen LogP contribution in [0.3, 0.4) is 0 Å². The molecule has 0 bridgehead atoms. The first-order valence-corrected chi connectivity index (χ1v) is 7.77. The highest BCUT2D eigenvalue weighted by Gasteiger charge is 2.66. The Balaban J connectivity index is 1.97. The molecule has 0 radical (unpaired) electrons. The number of fused-ring (bicyclic) bond motifs is 3. The van der Waals surface area contributed by atoms with Gasteiger partial charge in [0, 0.05) is 23.6 Å². The SMILES string of the molecule is Cc1c(O)cc2c(c1C)CC1(O)C(=O)c3cocc3C(C)C1(O)O2. The minimum absolute atomic E-state index is 0.0408. The van der Waals surface area contributed by atoms with E-state index >= 15 is 0 Å². The standard InChI is InChI=1S/C18H18O6/c1-8-9(2)14(19)4-15-11(8)5-17(21)16(20)13-7-23-6-12(13)10(3)18(17,22)24-15/h4,6-7,10,19,21-22H,5H2,1-3H3. The molecule has 0 amide bonds. The summed E-state index contributed by atoms with van der Waals surface area (Å²) in [5.74, 6) is -3.14. The second-order valence-electron chi connectivity index (χ2n) is 6.75. The van der Waals surface area contributed by atoms with E-state index in [1.54, 1.807) is 20.8 Å². The number of furan rings is 1. The van der Waals surface area contributed by atoms with Gasteiger partial charge in [-0.15, -0.1) is 0 Å². The first kappa shape index (κ1) is 15.2. The largest absolute Gasteiger partial charge is 0.508 e. The molecule has 3 N–H and O–H groups in total. The first-order valence-electron chi connectivity index (χ1n) is 7.77. The number of ether oxygens (including phenoxy) is 1. The van der Waals surface area contributed by atoms with Gasteiger partial charge in [0.1, 0.15) is 17.8 Å². The third kappa shape index (κ3) is 1.55. The highest BCUT2D eigenvalue weighted by Crippen LogP contribution is 2.52. The number of carbonyl (C=O) groups excluding carboxylic acids is 1. The average molecular weight is 330 g/mol. The zero-order chi connectivity index (χ0) is 17.4. The molecule has 3 unspecified atom stereocenters. The molecule has 0 spiro atoms. The van der Waals surface area contributed by atoms with E-state index in [4.69, 9.17) is 9.15 Å². The van der Waals surface area contributed by atoms with E-state index in [0.717, 1.165) is 5.56 Å². The number of carbonyl (C=O) groups is 1. The van der Waals surface area contributed by atoms with Gasteiger partial charge in [0.05, 0.1) is 17.7 Å². The molecule has 6 nitrogen and oxygen atoms in total. The van der Waals surface area contributed by atoms with Crippen molar-refractivity contribution in [2.24, 2.45) is 0 Å². The molecule has 24 heavy (non-hydrogen) atoms. The third-order valence-corrected chi connectivity index (χ3v) is 5.62. The Labute approximate surface area is 138 Å². The second-order valence-corrected chi connectivity index (χ2v) is 6.75. The van der Waals surface area contributed by atoms with Crippen molar-refractivity contribution in [1.82, 2.24) is 0 Å². The van der Waals surface area contributed by atoms with Gasteiger partial charge >= 0.3 is 0 Å². The molecular weight excluding hydrogens is 312 g/mol. The molecule has 1 aromatic carbocycles. The van der Waals surface area contributed by atoms with Crippen molar-refractivity contribution < 1.29 is 29.3 Å². The van der Waals surface area contributed by atoms with Crippen molar-refractivity contribution in [3.8, 4) is 11.5 Å². The molecule has 1 aliphatic heterocycles. The number of aliphatic hydroxyl groups is 2. The number of benzene rings is 1. The molecule has 0 saturated carbocycles. The lowest BCUT2D eigenvalue weighted by atomic mass is 9.66. The average Bonchev–Trinajstić information content (AvgIpc) is 3.02. The summed E-state index contributed by atoms with van der Waals surface area (Å²) >= 11 is 0. The number of aromatic hydroxyl groups is 1. The van der Waals surface area contributed by atoms with Crippen LogP contribution in [0.4, 0.5) is 0 Å². The summed E-state index contributed by atoms with van der Waals surface area (Å²) in [4.78, 5) is 12.9. The van der Waals surface area contributed by atoms with Crippen LogP contribution < -0.4 is 4.74 Å². The van der Waals surface area contributed by atoms with Crippen molar-refractivity contribution in [3.63, 3.8) is 0 Å². The van der Waals surface area contributed by atoms with Gasteiger partial charge in [0.15, 0.2) is 5.60 Å². The molecule has 0 fully saturated rings. The van der Waals surface area contributed by atoms with Crippen molar-refractivity contribution >= 4 is 5.78 Å². The van der Waals surface area contributed by atoms with Crippen LogP contribution in [0, 0.1) is 13.8 Å². The molecule has 3 atom stereocenters. The van der Waals surface area contributed by atoms with Gasteiger partial charge in [-0.25, -0.2) is 0 Å². The summed E-state index contributed by atoms with van der Waals surface area (Å²) in [6.45, 7) is 5.19. The van der Waals surface area contributed by atoms with E-state index < -0.39 is 23.1 Å². The number of phenols is 1. The lowest BCUT2D eigenvalue weighted by Gasteiger charge is -2.51.